The molecule has 2 aliphatic rings. The van der Waals surface area contributed by atoms with Crippen LogP contribution in [0.5, 0.6) is 0 Å². The molecule has 3 aromatic rings. The number of benzene rings is 2. The maximum atomic E-state index is 13.4. The molecule has 2 aromatic carbocycles. The molecule has 1 saturated heterocycles. The van der Waals surface area contributed by atoms with Crippen molar-refractivity contribution >= 4 is 11.6 Å². The Morgan fingerprint density at radius 3 is 2.52 bits per heavy atom. The monoisotopic (exact) mass is 417 g/mol. The van der Waals surface area contributed by atoms with Gasteiger partial charge in [-0.2, -0.15) is 0 Å². The molecule has 0 spiro atoms. The van der Waals surface area contributed by atoms with E-state index in [1.54, 1.807) is 36.7 Å². The number of carbonyl (C=O) groups is 1. The Morgan fingerprint density at radius 1 is 1.10 bits per heavy atom. The summed E-state index contributed by atoms with van der Waals surface area (Å²) in [6.07, 6.45) is 4.09. The molecule has 6 heteroatoms. The van der Waals surface area contributed by atoms with Crippen molar-refractivity contribution < 1.29 is 14.3 Å². The van der Waals surface area contributed by atoms with Gasteiger partial charge in [-0.1, -0.05) is 18.2 Å². The predicted octanol–water partition coefficient (Wildman–Crippen LogP) is 3.90. The topological polar surface area (TPSA) is 56.7 Å². The maximum Gasteiger partial charge on any atom is 0.254 e. The number of likely N-dealkylation sites (tertiary alicyclic amines) is 1. The quantitative estimate of drug-likeness (QED) is 0.702. The number of pyridine rings is 1. The smallest absolute Gasteiger partial charge is 0.254 e. The van der Waals surface area contributed by atoms with E-state index in [0.29, 0.717) is 12.1 Å². The van der Waals surface area contributed by atoms with Crippen molar-refractivity contribution in [2.45, 2.75) is 18.5 Å². The van der Waals surface area contributed by atoms with Crippen molar-refractivity contribution in [1.82, 2.24) is 9.88 Å². The van der Waals surface area contributed by atoms with Crippen molar-refractivity contribution in [1.29, 1.82) is 0 Å². The average molecular weight is 417 g/mol. The lowest BCUT2D eigenvalue weighted by molar-refractivity contribution is 0.0694. The highest BCUT2D eigenvalue weighted by atomic mass is 19.1. The Hall–Kier alpha value is -3.25. The van der Waals surface area contributed by atoms with E-state index in [0.717, 1.165) is 28.8 Å². The summed E-state index contributed by atoms with van der Waals surface area (Å²) >= 11 is 0. The summed E-state index contributed by atoms with van der Waals surface area (Å²) in [7, 11) is 2.00. The fraction of sp³-hybridized carbons (Fsp3) is 0.280. The minimum atomic E-state index is -0.266. The van der Waals surface area contributed by atoms with Crippen molar-refractivity contribution in [3.8, 4) is 11.1 Å². The standard InChI is InChI=1S/C25H24FN3O2/c1-28-22-7-4-18(16-2-5-19(26)6-3-16)14-21(22)24-20(23(28)15-30)10-13-29(24)25(31)17-8-11-27-12-9-17/h2-9,11-12,14,20,23-24,30H,10,13,15H2,1H3/t20-,23-,24-/m1/s1. The van der Waals surface area contributed by atoms with Crippen LogP contribution >= 0.6 is 0 Å². The van der Waals surface area contributed by atoms with Gasteiger partial charge in [-0.05, 0) is 59.5 Å². The summed E-state index contributed by atoms with van der Waals surface area (Å²) in [6.45, 7) is 0.676. The van der Waals surface area contributed by atoms with E-state index in [-0.39, 0.29) is 36.3 Å². The molecule has 0 radical (unpaired) electrons. The number of carbonyl (C=O) groups excluding carboxylic acids is 1. The predicted molar refractivity (Wildman–Crippen MR) is 117 cm³/mol. The zero-order valence-electron chi connectivity index (χ0n) is 17.3. The number of hydrogen-bond acceptors (Lipinski definition) is 4. The Balaban J connectivity index is 1.60. The normalized spacial score (nSPS) is 22.2. The van der Waals surface area contributed by atoms with E-state index in [1.807, 2.05) is 24.1 Å². The summed E-state index contributed by atoms with van der Waals surface area (Å²) in [6, 6.07) is 15.9. The van der Waals surface area contributed by atoms with Crippen LogP contribution in [0.25, 0.3) is 11.1 Å². The fourth-order valence-electron chi connectivity index (χ4n) is 5.16. The minimum absolute atomic E-state index is 0.0192. The lowest BCUT2D eigenvalue weighted by Crippen LogP contribution is -2.48. The molecule has 31 heavy (non-hydrogen) atoms. The van der Waals surface area contributed by atoms with Gasteiger partial charge in [-0.3, -0.25) is 9.78 Å². The number of rotatable bonds is 3. The number of nitrogens with zero attached hydrogens (tertiary/aromatic N) is 3. The summed E-state index contributed by atoms with van der Waals surface area (Å²) < 4.78 is 13.4. The fourth-order valence-corrected chi connectivity index (χ4v) is 5.16. The van der Waals surface area contributed by atoms with Gasteiger partial charge in [-0.15, -0.1) is 0 Å². The van der Waals surface area contributed by atoms with Gasteiger partial charge in [0.25, 0.3) is 5.91 Å². The average Bonchev–Trinajstić information content (AvgIpc) is 3.25. The molecule has 1 N–H and O–H groups in total. The molecule has 0 bridgehead atoms. The number of aliphatic hydroxyl groups is 1. The number of hydrogen-bond donors (Lipinski definition) is 1. The van der Waals surface area contributed by atoms with Crippen molar-refractivity contribution in [3.05, 3.63) is 83.9 Å². The zero-order valence-corrected chi connectivity index (χ0v) is 17.3. The Labute approximate surface area is 180 Å². The number of amides is 1. The number of anilines is 1. The molecule has 1 fully saturated rings. The first-order valence-electron chi connectivity index (χ1n) is 10.5. The number of fused-ring (bicyclic) bond motifs is 3. The van der Waals surface area contributed by atoms with Gasteiger partial charge in [-0.25, -0.2) is 4.39 Å². The Morgan fingerprint density at radius 2 is 1.81 bits per heavy atom. The van der Waals surface area contributed by atoms with E-state index in [4.69, 9.17) is 0 Å². The number of aliphatic hydroxyl groups excluding tert-OH is 1. The van der Waals surface area contributed by atoms with Crippen LogP contribution in [0.4, 0.5) is 10.1 Å². The lowest BCUT2D eigenvalue weighted by atomic mass is 9.81. The summed E-state index contributed by atoms with van der Waals surface area (Å²) in [4.78, 5) is 21.4. The molecule has 0 saturated carbocycles. The molecule has 2 aliphatic heterocycles. The van der Waals surface area contributed by atoms with Crippen LogP contribution in [0, 0.1) is 11.7 Å². The van der Waals surface area contributed by atoms with Crippen LogP contribution in [0.1, 0.15) is 28.4 Å². The van der Waals surface area contributed by atoms with Gasteiger partial charge < -0.3 is 14.9 Å². The molecule has 3 atom stereocenters. The molecule has 1 aromatic heterocycles. The van der Waals surface area contributed by atoms with Gasteiger partial charge >= 0.3 is 0 Å². The van der Waals surface area contributed by atoms with Crippen LogP contribution in [0.2, 0.25) is 0 Å². The van der Waals surface area contributed by atoms with E-state index < -0.39 is 0 Å². The van der Waals surface area contributed by atoms with Crippen LogP contribution in [0.3, 0.4) is 0 Å². The Kier molecular flexibility index (Phi) is 4.94. The third-order valence-electron chi connectivity index (χ3n) is 6.72. The first-order valence-corrected chi connectivity index (χ1v) is 10.5. The molecule has 5 rings (SSSR count). The number of halogens is 1. The van der Waals surface area contributed by atoms with Crippen molar-refractivity contribution in [2.75, 3.05) is 25.1 Å². The van der Waals surface area contributed by atoms with Crippen LogP contribution < -0.4 is 4.90 Å². The van der Waals surface area contributed by atoms with E-state index in [1.165, 1.54) is 12.1 Å². The highest BCUT2D eigenvalue weighted by Gasteiger charge is 2.47. The highest BCUT2D eigenvalue weighted by molar-refractivity contribution is 5.95. The summed E-state index contributed by atoms with van der Waals surface area (Å²) in [5.74, 6) is -0.150. The van der Waals surface area contributed by atoms with Gasteiger partial charge in [0.2, 0.25) is 0 Å². The van der Waals surface area contributed by atoms with E-state index >= 15 is 0 Å². The van der Waals surface area contributed by atoms with Gasteiger partial charge in [0.05, 0.1) is 18.7 Å². The molecule has 1 amide bonds. The molecule has 5 nitrogen and oxygen atoms in total. The number of aromatic nitrogens is 1. The van der Waals surface area contributed by atoms with Crippen LogP contribution in [-0.2, 0) is 0 Å². The third kappa shape index (κ3) is 3.27. The molecule has 0 aliphatic carbocycles. The van der Waals surface area contributed by atoms with Crippen LogP contribution in [-0.4, -0.2) is 47.1 Å². The van der Waals surface area contributed by atoms with Gasteiger partial charge in [0.15, 0.2) is 0 Å². The first-order chi connectivity index (χ1) is 15.1. The SMILES string of the molecule is CN1c2ccc(-c3ccc(F)cc3)cc2[C@H]2[C@H](CCN2C(=O)c2ccncc2)[C@H]1CO. The van der Waals surface area contributed by atoms with Crippen LogP contribution in [0.15, 0.2) is 67.0 Å². The molecular weight excluding hydrogens is 393 g/mol. The molecule has 3 heterocycles. The molecular formula is C25H24FN3O2. The second kappa shape index (κ2) is 7.78. The van der Waals surface area contributed by atoms with E-state index in [9.17, 15) is 14.3 Å². The summed E-state index contributed by atoms with van der Waals surface area (Å²) in [5.41, 5.74) is 4.61. The van der Waals surface area contributed by atoms with E-state index in [2.05, 4.69) is 16.0 Å². The second-order valence-electron chi connectivity index (χ2n) is 8.27. The first kappa shape index (κ1) is 19.7. The maximum absolute atomic E-state index is 13.4. The van der Waals surface area contributed by atoms with Gasteiger partial charge in [0.1, 0.15) is 5.82 Å². The van der Waals surface area contributed by atoms with Gasteiger partial charge in [0, 0.05) is 43.2 Å². The van der Waals surface area contributed by atoms with Crippen molar-refractivity contribution in [2.24, 2.45) is 5.92 Å². The highest BCUT2D eigenvalue weighted by Crippen LogP contribution is 2.49. The summed E-state index contributed by atoms with van der Waals surface area (Å²) in [5, 5.41) is 10.1. The largest absolute Gasteiger partial charge is 0.394 e. The van der Waals surface area contributed by atoms with Crippen molar-refractivity contribution in [3.63, 3.8) is 0 Å². The number of likely N-dealkylation sites (N-methyl/N-ethyl adjacent to an activating group) is 1. The Bertz CT molecular complexity index is 1100. The molecule has 0 unspecified atom stereocenters. The zero-order chi connectivity index (χ0) is 21.5. The third-order valence-corrected chi connectivity index (χ3v) is 6.72. The molecule has 158 valence electrons. The second-order valence-corrected chi connectivity index (χ2v) is 8.27. The lowest BCUT2D eigenvalue weighted by Gasteiger charge is -2.44. The minimum Gasteiger partial charge on any atom is -0.394 e.